The van der Waals surface area contributed by atoms with Crippen LogP contribution in [-0.2, 0) is 16.5 Å². The normalized spacial score (nSPS) is 11.7. The van der Waals surface area contributed by atoms with Crippen LogP contribution in [0.2, 0.25) is 0 Å². The van der Waals surface area contributed by atoms with Gasteiger partial charge >= 0.3 is 0 Å². The summed E-state index contributed by atoms with van der Waals surface area (Å²) in [7, 11) is -4.15. The van der Waals surface area contributed by atoms with Crippen molar-refractivity contribution < 1.29 is 13.0 Å². The minimum absolute atomic E-state index is 0.138. The predicted octanol–water partition coefficient (Wildman–Crippen LogP) is 2.96. The van der Waals surface area contributed by atoms with Gasteiger partial charge in [-0.15, -0.1) is 0 Å². The van der Waals surface area contributed by atoms with E-state index in [9.17, 15) is 8.42 Å². The fourth-order valence-electron chi connectivity index (χ4n) is 1.76. The molecule has 0 atom stereocenters. The van der Waals surface area contributed by atoms with Crippen LogP contribution in [0.1, 0.15) is 12.0 Å². The Morgan fingerprint density at radius 3 is 2.33 bits per heavy atom. The molecule has 0 saturated heterocycles. The van der Waals surface area contributed by atoms with Crippen LogP contribution >= 0.6 is 0 Å². The molecule has 0 radical (unpaired) electrons. The van der Waals surface area contributed by atoms with Gasteiger partial charge < -0.3 is 0 Å². The van der Waals surface area contributed by atoms with Crippen LogP contribution in [-0.4, -0.2) is 19.2 Å². The minimum Gasteiger partial charge on any atom is -0.282 e. The van der Waals surface area contributed by atoms with Crippen molar-refractivity contribution in [2.24, 2.45) is 5.10 Å². The van der Waals surface area contributed by atoms with Gasteiger partial charge in [0.05, 0.1) is 10.6 Å². The first-order valence-corrected chi connectivity index (χ1v) is 7.89. The lowest BCUT2D eigenvalue weighted by molar-refractivity contribution is 0.483. The lowest BCUT2D eigenvalue weighted by atomic mass is 10.1. The van der Waals surface area contributed by atoms with E-state index in [0.29, 0.717) is 5.69 Å². The Kier molecular flexibility index (Phi) is 5.08. The zero-order valence-corrected chi connectivity index (χ0v) is 12.1. The number of aryl methyl sites for hydroxylation is 1. The molecule has 2 aromatic carbocycles. The monoisotopic (exact) mass is 304 g/mol. The third-order valence-electron chi connectivity index (χ3n) is 2.84. The second-order valence-corrected chi connectivity index (χ2v) is 5.87. The molecule has 0 aromatic heterocycles. The average molecular weight is 304 g/mol. The van der Waals surface area contributed by atoms with Gasteiger partial charge in [0.1, 0.15) is 0 Å². The molecule has 2 N–H and O–H groups in total. The highest BCUT2D eigenvalue weighted by molar-refractivity contribution is 7.85. The summed E-state index contributed by atoms with van der Waals surface area (Å²) in [6.07, 6.45) is 3.48. The molecule has 0 amide bonds. The lowest BCUT2D eigenvalue weighted by Crippen LogP contribution is -1.98. The fraction of sp³-hybridized carbons (Fsp3) is 0.133. The Labute approximate surface area is 124 Å². The summed E-state index contributed by atoms with van der Waals surface area (Å²) in [4.78, 5) is -0.138. The van der Waals surface area contributed by atoms with E-state index in [1.807, 2.05) is 18.2 Å². The minimum atomic E-state index is -4.15. The van der Waals surface area contributed by atoms with Crippen LogP contribution in [0.3, 0.4) is 0 Å². The smallest absolute Gasteiger partial charge is 0.282 e. The number of nitrogens with zero attached hydrogens (tertiary/aromatic N) is 1. The second kappa shape index (κ2) is 7.01. The molecule has 110 valence electrons. The summed E-state index contributed by atoms with van der Waals surface area (Å²) in [6, 6.07) is 15.8. The average Bonchev–Trinajstić information content (AvgIpc) is 2.47. The summed E-state index contributed by atoms with van der Waals surface area (Å²) in [6.45, 7) is 0. The van der Waals surface area contributed by atoms with Crippen molar-refractivity contribution in [3.05, 3.63) is 60.2 Å². The van der Waals surface area contributed by atoms with Crippen LogP contribution in [0, 0.1) is 0 Å². The first-order chi connectivity index (χ1) is 10.1. The van der Waals surface area contributed by atoms with Crippen molar-refractivity contribution >= 4 is 22.0 Å². The van der Waals surface area contributed by atoms with E-state index in [2.05, 4.69) is 22.7 Å². The summed E-state index contributed by atoms with van der Waals surface area (Å²) >= 11 is 0. The molecule has 0 unspecified atom stereocenters. The van der Waals surface area contributed by atoms with Gasteiger partial charge in [0.25, 0.3) is 10.1 Å². The SMILES string of the molecule is O=S(=O)(O)c1ccc(NN=CCCc2ccccc2)cc1. The molecule has 6 heteroatoms. The highest BCUT2D eigenvalue weighted by Crippen LogP contribution is 2.13. The van der Waals surface area contributed by atoms with E-state index in [1.54, 1.807) is 6.21 Å². The predicted molar refractivity (Wildman–Crippen MR) is 83.1 cm³/mol. The summed E-state index contributed by atoms with van der Waals surface area (Å²) in [5, 5.41) is 4.06. The zero-order valence-electron chi connectivity index (χ0n) is 11.3. The molecule has 0 spiro atoms. The molecule has 0 fully saturated rings. The Morgan fingerprint density at radius 2 is 1.71 bits per heavy atom. The van der Waals surface area contributed by atoms with Crippen LogP contribution in [0.25, 0.3) is 0 Å². The van der Waals surface area contributed by atoms with Gasteiger partial charge in [-0.05, 0) is 42.7 Å². The van der Waals surface area contributed by atoms with Crippen molar-refractivity contribution in [3.8, 4) is 0 Å². The number of hydrogen-bond donors (Lipinski definition) is 2. The highest BCUT2D eigenvalue weighted by atomic mass is 32.2. The van der Waals surface area contributed by atoms with Gasteiger partial charge in [-0.2, -0.15) is 13.5 Å². The fourth-order valence-corrected chi connectivity index (χ4v) is 2.24. The highest BCUT2D eigenvalue weighted by Gasteiger charge is 2.07. The van der Waals surface area contributed by atoms with E-state index in [1.165, 1.54) is 29.8 Å². The van der Waals surface area contributed by atoms with Gasteiger partial charge in [0.2, 0.25) is 0 Å². The van der Waals surface area contributed by atoms with Crippen LogP contribution in [0.5, 0.6) is 0 Å². The standard InChI is InChI=1S/C15H16N2O3S/c18-21(19,20)15-10-8-14(9-11-15)17-16-12-4-7-13-5-2-1-3-6-13/h1-3,5-6,8-12,17H,4,7H2,(H,18,19,20). The number of hydrogen-bond acceptors (Lipinski definition) is 4. The van der Waals surface area contributed by atoms with Crippen molar-refractivity contribution in [1.82, 2.24) is 0 Å². The Hall–Kier alpha value is -2.18. The quantitative estimate of drug-likeness (QED) is 0.488. The molecule has 0 aliphatic carbocycles. The second-order valence-electron chi connectivity index (χ2n) is 4.45. The maximum atomic E-state index is 10.9. The first kappa shape index (κ1) is 15.2. The Morgan fingerprint density at radius 1 is 1.05 bits per heavy atom. The van der Waals surface area contributed by atoms with Gasteiger partial charge in [0, 0.05) is 6.21 Å². The lowest BCUT2D eigenvalue weighted by Gasteiger charge is -2.01. The van der Waals surface area contributed by atoms with E-state index in [-0.39, 0.29) is 4.90 Å². The molecule has 21 heavy (non-hydrogen) atoms. The topological polar surface area (TPSA) is 78.8 Å². The Balaban J connectivity index is 1.81. The van der Waals surface area contributed by atoms with Crippen molar-refractivity contribution in [3.63, 3.8) is 0 Å². The van der Waals surface area contributed by atoms with Gasteiger partial charge in [-0.25, -0.2) is 0 Å². The van der Waals surface area contributed by atoms with E-state index in [0.717, 1.165) is 12.8 Å². The number of rotatable bonds is 6. The maximum absolute atomic E-state index is 10.9. The summed E-state index contributed by atoms with van der Waals surface area (Å²) < 4.78 is 30.6. The molecular formula is C15H16N2O3S. The molecular weight excluding hydrogens is 288 g/mol. The van der Waals surface area contributed by atoms with E-state index < -0.39 is 10.1 Å². The molecule has 5 nitrogen and oxygen atoms in total. The first-order valence-electron chi connectivity index (χ1n) is 6.45. The van der Waals surface area contributed by atoms with E-state index >= 15 is 0 Å². The molecule has 0 saturated carbocycles. The Bertz CT molecular complexity index is 695. The van der Waals surface area contributed by atoms with Crippen LogP contribution < -0.4 is 5.43 Å². The van der Waals surface area contributed by atoms with Gasteiger partial charge in [-0.3, -0.25) is 9.98 Å². The third kappa shape index (κ3) is 5.02. The number of nitrogens with one attached hydrogen (secondary N) is 1. The molecule has 2 aromatic rings. The third-order valence-corrected chi connectivity index (χ3v) is 3.71. The molecule has 0 aliphatic rings. The summed E-state index contributed by atoms with van der Waals surface area (Å²) in [5.41, 5.74) is 4.71. The van der Waals surface area contributed by atoms with Crippen LogP contribution in [0.4, 0.5) is 5.69 Å². The number of hydrazone groups is 1. The maximum Gasteiger partial charge on any atom is 0.294 e. The van der Waals surface area contributed by atoms with Crippen molar-refractivity contribution in [2.45, 2.75) is 17.7 Å². The largest absolute Gasteiger partial charge is 0.294 e. The van der Waals surface area contributed by atoms with Crippen molar-refractivity contribution in [1.29, 1.82) is 0 Å². The number of benzene rings is 2. The van der Waals surface area contributed by atoms with Crippen LogP contribution in [0.15, 0.2) is 64.6 Å². The van der Waals surface area contributed by atoms with Gasteiger partial charge in [-0.1, -0.05) is 30.3 Å². The summed E-state index contributed by atoms with van der Waals surface area (Å²) in [5.74, 6) is 0. The van der Waals surface area contributed by atoms with E-state index in [4.69, 9.17) is 4.55 Å². The molecule has 0 bridgehead atoms. The van der Waals surface area contributed by atoms with Gasteiger partial charge in [0.15, 0.2) is 0 Å². The van der Waals surface area contributed by atoms with Crippen molar-refractivity contribution in [2.75, 3.05) is 5.43 Å². The molecule has 0 aliphatic heterocycles. The zero-order chi connectivity index (χ0) is 15.1. The molecule has 2 rings (SSSR count). The number of anilines is 1. The molecule has 0 heterocycles.